The molecule has 1 aromatic rings. The van der Waals surface area contributed by atoms with Crippen LogP contribution in [0.4, 0.5) is 0 Å². The van der Waals surface area contributed by atoms with Gasteiger partial charge in [0.15, 0.2) is 0 Å². The number of ketones is 1. The number of benzene rings is 1. The van der Waals surface area contributed by atoms with Gasteiger partial charge in [-0.3, -0.25) is 0 Å². The molecule has 0 N–H and O–H groups in total. The van der Waals surface area contributed by atoms with E-state index < -0.39 is 0 Å². The fourth-order valence-electron chi connectivity index (χ4n) is 1.80. The lowest BCUT2D eigenvalue weighted by atomic mass is 9.96. The van der Waals surface area contributed by atoms with Crippen LogP contribution in [0.2, 0.25) is 0 Å². The maximum atomic E-state index is 11.0. The maximum Gasteiger partial charge on any atom is 0.133 e. The van der Waals surface area contributed by atoms with E-state index in [0.717, 1.165) is 16.6 Å². The van der Waals surface area contributed by atoms with Crippen LogP contribution >= 0.6 is 15.9 Å². The molecule has 0 aliphatic rings. The van der Waals surface area contributed by atoms with Gasteiger partial charge in [0.25, 0.3) is 0 Å². The molecule has 0 fully saturated rings. The quantitative estimate of drug-likeness (QED) is 0.826. The van der Waals surface area contributed by atoms with Crippen LogP contribution in [0.5, 0.6) is 5.75 Å². The average molecular weight is 285 g/mol. The molecule has 0 radical (unpaired) electrons. The van der Waals surface area contributed by atoms with E-state index in [0.29, 0.717) is 12.3 Å². The van der Waals surface area contributed by atoms with E-state index in [1.807, 2.05) is 12.1 Å². The molecule has 1 atom stereocenters. The fourth-order valence-corrected chi connectivity index (χ4v) is 2.39. The van der Waals surface area contributed by atoms with E-state index in [9.17, 15) is 4.79 Å². The first kappa shape index (κ1) is 13.2. The molecule has 1 aromatic carbocycles. The Morgan fingerprint density at radius 1 is 1.50 bits per heavy atom. The first-order valence-corrected chi connectivity index (χ1v) is 6.14. The molecule has 0 spiro atoms. The zero-order chi connectivity index (χ0) is 12.1. The van der Waals surface area contributed by atoms with Crippen LogP contribution in [0.3, 0.4) is 0 Å². The van der Waals surface area contributed by atoms with Crippen molar-refractivity contribution in [1.29, 1.82) is 0 Å². The van der Waals surface area contributed by atoms with Crippen molar-refractivity contribution >= 4 is 21.7 Å². The number of hydrogen-bond acceptors (Lipinski definition) is 2. The highest BCUT2D eigenvalue weighted by Gasteiger charge is 2.08. The van der Waals surface area contributed by atoms with Crippen molar-refractivity contribution in [1.82, 2.24) is 0 Å². The summed E-state index contributed by atoms with van der Waals surface area (Å²) in [5, 5.41) is 0. The molecule has 88 valence electrons. The number of hydrogen-bond donors (Lipinski definition) is 0. The number of Topliss-reactive ketones (excluding diaryl/α,β-unsaturated/α-hetero) is 1. The Hall–Kier alpha value is -0.830. The predicted octanol–water partition coefficient (Wildman–Crippen LogP) is 3.62. The van der Waals surface area contributed by atoms with Crippen LogP contribution in [0.1, 0.15) is 25.8 Å². The SMILES string of the molecule is COc1ccc(CC(C)CC(C)=O)cc1Br. The largest absolute Gasteiger partial charge is 0.496 e. The predicted molar refractivity (Wildman–Crippen MR) is 68.9 cm³/mol. The standard InChI is InChI=1S/C13H17BrO2/c1-9(6-10(2)15)7-11-4-5-13(16-3)12(14)8-11/h4-5,8-9H,6-7H2,1-3H3. The van der Waals surface area contributed by atoms with Gasteiger partial charge in [0, 0.05) is 6.42 Å². The van der Waals surface area contributed by atoms with Crippen LogP contribution in [0.15, 0.2) is 22.7 Å². The van der Waals surface area contributed by atoms with Gasteiger partial charge in [0.05, 0.1) is 11.6 Å². The highest BCUT2D eigenvalue weighted by Crippen LogP contribution is 2.26. The molecule has 0 aliphatic heterocycles. The van der Waals surface area contributed by atoms with Crippen molar-refractivity contribution in [2.45, 2.75) is 26.7 Å². The third-order valence-corrected chi connectivity index (χ3v) is 3.06. The third-order valence-electron chi connectivity index (χ3n) is 2.44. The summed E-state index contributed by atoms with van der Waals surface area (Å²) >= 11 is 3.46. The molecular weight excluding hydrogens is 268 g/mol. The molecule has 1 unspecified atom stereocenters. The van der Waals surface area contributed by atoms with Crippen LogP contribution in [0, 0.1) is 5.92 Å². The Morgan fingerprint density at radius 3 is 2.69 bits per heavy atom. The van der Waals surface area contributed by atoms with Crippen molar-refractivity contribution in [3.8, 4) is 5.75 Å². The lowest BCUT2D eigenvalue weighted by Crippen LogP contribution is -2.05. The van der Waals surface area contributed by atoms with Gasteiger partial charge < -0.3 is 9.53 Å². The molecule has 0 bridgehead atoms. The number of carbonyl (C=O) groups is 1. The second-order valence-electron chi connectivity index (χ2n) is 4.18. The second kappa shape index (κ2) is 6.04. The monoisotopic (exact) mass is 284 g/mol. The van der Waals surface area contributed by atoms with Crippen LogP contribution in [-0.4, -0.2) is 12.9 Å². The second-order valence-corrected chi connectivity index (χ2v) is 5.04. The third kappa shape index (κ3) is 3.97. The lowest BCUT2D eigenvalue weighted by molar-refractivity contribution is -0.117. The number of methoxy groups -OCH3 is 1. The molecule has 0 heterocycles. The van der Waals surface area contributed by atoms with Crippen LogP contribution in [0.25, 0.3) is 0 Å². The number of ether oxygens (including phenoxy) is 1. The Morgan fingerprint density at radius 2 is 2.19 bits per heavy atom. The van der Waals surface area contributed by atoms with Gasteiger partial charge in [-0.25, -0.2) is 0 Å². The molecule has 0 saturated carbocycles. The van der Waals surface area contributed by atoms with E-state index >= 15 is 0 Å². The van der Waals surface area contributed by atoms with E-state index in [1.165, 1.54) is 5.56 Å². The zero-order valence-corrected chi connectivity index (χ0v) is 11.5. The summed E-state index contributed by atoms with van der Waals surface area (Å²) in [7, 11) is 1.65. The molecule has 16 heavy (non-hydrogen) atoms. The van der Waals surface area contributed by atoms with Gasteiger partial charge in [-0.1, -0.05) is 13.0 Å². The Bertz CT molecular complexity index is 374. The highest BCUT2D eigenvalue weighted by molar-refractivity contribution is 9.10. The first-order valence-electron chi connectivity index (χ1n) is 5.34. The number of rotatable bonds is 5. The minimum Gasteiger partial charge on any atom is -0.496 e. The summed E-state index contributed by atoms with van der Waals surface area (Å²) in [6.07, 6.45) is 1.56. The van der Waals surface area contributed by atoms with Crippen molar-refractivity contribution in [3.63, 3.8) is 0 Å². The molecular formula is C13H17BrO2. The molecule has 3 heteroatoms. The normalized spacial score (nSPS) is 12.2. The minimum absolute atomic E-state index is 0.250. The summed E-state index contributed by atoms with van der Waals surface area (Å²) < 4.78 is 6.13. The smallest absolute Gasteiger partial charge is 0.133 e. The van der Waals surface area contributed by atoms with Gasteiger partial charge in [-0.05, 0) is 52.9 Å². The van der Waals surface area contributed by atoms with Gasteiger partial charge in [0.1, 0.15) is 11.5 Å². The fraction of sp³-hybridized carbons (Fsp3) is 0.462. The van der Waals surface area contributed by atoms with Gasteiger partial charge in [-0.2, -0.15) is 0 Å². The summed E-state index contributed by atoms with van der Waals surface area (Å²) in [6.45, 7) is 3.74. The molecule has 2 nitrogen and oxygen atoms in total. The Kier molecular flexibility index (Phi) is 5.00. The van der Waals surface area contributed by atoms with E-state index in [-0.39, 0.29) is 5.78 Å². The summed E-state index contributed by atoms with van der Waals surface area (Å²) in [5.41, 5.74) is 1.22. The first-order chi connectivity index (χ1) is 7.52. The van der Waals surface area contributed by atoms with E-state index in [2.05, 4.69) is 28.9 Å². The molecule has 0 saturated heterocycles. The lowest BCUT2D eigenvalue weighted by Gasteiger charge is -2.11. The van der Waals surface area contributed by atoms with Gasteiger partial charge >= 0.3 is 0 Å². The zero-order valence-electron chi connectivity index (χ0n) is 9.92. The molecule has 0 aliphatic carbocycles. The minimum atomic E-state index is 0.250. The van der Waals surface area contributed by atoms with Crippen molar-refractivity contribution < 1.29 is 9.53 Å². The van der Waals surface area contributed by atoms with Gasteiger partial charge in [-0.15, -0.1) is 0 Å². The van der Waals surface area contributed by atoms with Gasteiger partial charge in [0.2, 0.25) is 0 Å². The Balaban J connectivity index is 2.67. The van der Waals surface area contributed by atoms with Crippen molar-refractivity contribution in [2.24, 2.45) is 5.92 Å². The molecule has 0 amide bonds. The van der Waals surface area contributed by atoms with Crippen LogP contribution in [-0.2, 0) is 11.2 Å². The highest BCUT2D eigenvalue weighted by atomic mass is 79.9. The summed E-state index contributed by atoms with van der Waals surface area (Å²) in [5.74, 6) is 1.47. The molecule has 1 rings (SSSR count). The van der Waals surface area contributed by atoms with Crippen molar-refractivity contribution in [2.75, 3.05) is 7.11 Å². The topological polar surface area (TPSA) is 26.3 Å². The summed E-state index contributed by atoms with van der Waals surface area (Å²) in [4.78, 5) is 11.0. The summed E-state index contributed by atoms with van der Waals surface area (Å²) in [6, 6.07) is 6.04. The van der Waals surface area contributed by atoms with E-state index in [4.69, 9.17) is 4.74 Å². The van der Waals surface area contributed by atoms with Crippen LogP contribution < -0.4 is 4.74 Å². The number of carbonyl (C=O) groups excluding carboxylic acids is 1. The molecule has 0 aromatic heterocycles. The Labute approximate surface area is 105 Å². The maximum absolute atomic E-state index is 11.0. The van der Waals surface area contributed by atoms with E-state index in [1.54, 1.807) is 14.0 Å². The van der Waals surface area contributed by atoms with Crippen molar-refractivity contribution in [3.05, 3.63) is 28.2 Å². The average Bonchev–Trinajstić information content (AvgIpc) is 2.16. The number of halogens is 1.